The van der Waals surface area contributed by atoms with Gasteiger partial charge >= 0.3 is 0 Å². The van der Waals surface area contributed by atoms with Crippen LogP contribution in [0.1, 0.15) is 19.8 Å². The highest BCUT2D eigenvalue weighted by Crippen LogP contribution is 2.49. The van der Waals surface area contributed by atoms with Gasteiger partial charge in [0, 0.05) is 19.8 Å². The van der Waals surface area contributed by atoms with Gasteiger partial charge in [-0.05, 0) is 0 Å². The average molecular weight is 159 g/mol. The third-order valence-electron chi connectivity index (χ3n) is 2.05. The number of Topliss-reactive ketones (excluding diaryl/α,β-unsaturated/α-hetero) is 1. The van der Waals surface area contributed by atoms with Gasteiger partial charge in [-0.2, -0.15) is 5.26 Å². The summed E-state index contributed by atoms with van der Waals surface area (Å²) in [5.74, 6) is -3.32. The molecule has 1 fully saturated rings. The van der Waals surface area contributed by atoms with Crippen LogP contribution in [0.5, 0.6) is 0 Å². The van der Waals surface area contributed by atoms with Gasteiger partial charge < -0.3 is 0 Å². The van der Waals surface area contributed by atoms with Gasteiger partial charge in [0.05, 0.1) is 6.07 Å². The van der Waals surface area contributed by atoms with E-state index in [9.17, 15) is 13.6 Å². The van der Waals surface area contributed by atoms with Crippen LogP contribution in [-0.4, -0.2) is 11.7 Å². The Hall–Kier alpha value is -0.980. The van der Waals surface area contributed by atoms with E-state index in [-0.39, 0.29) is 18.6 Å². The molecule has 0 atom stereocenters. The molecule has 1 saturated carbocycles. The minimum Gasteiger partial charge on any atom is -0.300 e. The maximum atomic E-state index is 12.6. The highest BCUT2D eigenvalue weighted by molar-refractivity contribution is 5.87. The summed E-state index contributed by atoms with van der Waals surface area (Å²) in [7, 11) is 0. The summed E-state index contributed by atoms with van der Waals surface area (Å²) in [5.41, 5.74) is -1.70. The lowest BCUT2D eigenvalue weighted by molar-refractivity contribution is -0.153. The number of halogens is 2. The van der Waals surface area contributed by atoms with Crippen molar-refractivity contribution >= 4 is 5.78 Å². The van der Waals surface area contributed by atoms with Gasteiger partial charge in [-0.25, -0.2) is 8.78 Å². The standard InChI is InChI=1S/C7H7F2NO/c1-6(8,9)7(4-10)2-5(11)3-7/h2-3H2,1H3. The lowest BCUT2D eigenvalue weighted by Crippen LogP contribution is -2.48. The smallest absolute Gasteiger partial charge is 0.264 e. The largest absolute Gasteiger partial charge is 0.300 e. The number of hydrogen-bond donors (Lipinski definition) is 0. The van der Waals surface area contributed by atoms with Gasteiger partial charge in [-0.3, -0.25) is 4.79 Å². The van der Waals surface area contributed by atoms with Gasteiger partial charge in [0.1, 0.15) is 11.2 Å². The van der Waals surface area contributed by atoms with E-state index in [4.69, 9.17) is 5.26 Å². The quantitative estimate of drug-likeness (QED) is 0.581. The molecule has 11 heavy (non-hydrogen) atoms. The summed E-state index contributed by atoms with van der Waals surface area (Å²) in [4.78, 5) is 10.4. The highest BCUT2D eigenvalue weighted by Gasteiger charge is 2.58. The fraction of sp³-hybridized carbons (Fsp3) is 0.714. The zero-order valence-electron chi connectivity index (χ0n) is 6.03. The molecule has 60 valence electrons. The van der Waals surface area contributed by atoms with E-state index in [1.165, 1.54) is 6.07 Å². The highest BCUT2D eigenvalue weighted by atomic mass is 19.3. The molecule has 0 heterocycles. The van der Waals surface area contributed by atoms with Gasteiger partial charge in [0.25, 0.3) is 5.92 Å². The molecule has 0 saturated heterocycles. The van der Waals surface area contributed by atoms with E-state index in [0.717, 1.165) is 0 Å². The molecule has 0 unspecified atom stereocenters. The van der Waals surface area contributed by atoms with E-state index in [1.54, 1.807) is 0 Å². The number of hydrogen-bond acceptors (Lipinski definition) is 2. The van der Waals surface area contributed by atoms with Crippen LogP contribution in [0.3, 0.4) is 0 Å². The molecule has 0 radical (unpaired) electrons. The maximum Gasteiger partial charge on any atom is 0.264 e. The van der Waals surface area contributed by atoms with E-state index in [1.807, 2.05) is 0 Å². The van der Waals surface area contributed by atoms with Crippen LogP contribution in [-0.2, 0) is 4.79 Å². The predicted molar refractivity (Wildman–Crippen MR) is 32.9 cm³/mol. The van der Waals surface area contributed by atoms with Crippen molar-refractivity contribution in [3.8, 4) is 6.07 Å². The first-order chi connectivity index (χ1) is 4.91. The van der Waals surface area contributed by atoms with Crippen LogP contribution in [0, 0.1) is 16.7 Å². The second-order valence-corrected chi connectivity index (χ2v) is 2.97. The van der Waals surface area contributed by atoms with Gasteiger partial charge in [0.15, 0.2) is 0 Å². The Morgan fingerprint density at radius 2 is 2.09 bits per heavy atom. The third kappa shape index (κ3) is 1.01. The van der Waals surface area contributed by atoms with E-state index in [2.05, 4.69) is 0 Å². The first kappa shape index (κ1) is 8.12. The summed E-state index contributed by atoms with van der Waals surface area (Å²) in [6.45, 7) is 0.683. The molecule has 1 rings (SSSR count). The van der Waals surface area contributed by atoms with Crippen molar-refractivity contribution in [3.05, 3.63) is 0 Å². The van der Waals surface area contributed by atoms with E-state index in [0.29, 0.717) is 6.92 Å². The van der Waals surface area contributed by atoms with Crippen LogP contribution in [0.2, 0.25) is 0 Å². The van der Waals surface area contributed by atoms with Crippen LogP contribution in [0.4, 0.5) is 8.78 Å². The summed E-state index contributed by atoms with van der Waals surface area (Å²) in [5, 5.41) is 8.41. The predicted octanol–water partition coefficient (Wildman–Crippen LogP) is 1.51. The number of carbonyl (C=O) groups excluding carboxylic acids is 1. The number of carbonyl (C=O) groups is 1. The molecule has 4 heteroatoms. The zero-order valence-corrected chi connectivity index (χ0v) is 6.03. The van der Waals surface area contributed by atoms with Crippen LogP contribution >= 0.6 is 0 Å². The van der Waals surface area contributed by atoms with Gasteiger partial charge in [-0.15, -0.1) is 0 Å². The second kappa shape index (κ2) is 2.00. The minimum absolute atomic E-state index is 0.256. The second-order valence-electron chi connectivity index (χ2n) is 2.97. The van der Waals surface area contributed by atoms with E-state index >= 15 is 0 Å². The van der Waals surface area contributed by atoms with Crippen molar-refractivity contribution in [3.63, 3.8) is 0 Å². The monoisotopic (exact) mass is 159 g/mol. The van der Waals surface area contributed by atoms with Crippen molar-refractivity contribution in [1.29, 1.82) is 5.26 Å². The Labute approximate surface area is 62.8 Å². The minimum atomic E-state index is -3.06. The van der Waals surface area contributed by atoms with Crippen LogP contribution in [0.25, 0.3) is 0 Å². The molecule has 0 aromatic rings. The van der Waals surface area contributed by atoms with Crippen molar-refractivity contribution in [2.45, 2.75) is 25.7 Å². The molecule has 0 aliphatic heterocycles. The molecule has 2 nitrogen and oxygen atoms in total. The third-order valence-corrected chi connectivity index (χ3v) is 2.05. The molecular formula is C7H7F2NO. The van der Waals surface area contributed by atoms with Crippen molar-refractivity contribution < 1.29 is 13.6 Å². The SMILES string of the molecule is CC(F)(F)C1(C#N)CC(=O)C1. The molecule has 0 bridgehead atoms. The lowest BCUT2D eigenvalue weighted by atomic mass is 9.65. The number of nitriles is 1. The molecule has 0 spiro atoms. The summed E-state index contributed by atoms with van der Waals surface area (Å²) >= 11 is 0. The maximum absolute atomic E-state index is 12.6. The number of ketones is 1. The molecule has 0 N–H and O–H groups in total. The normalized spacial score (nSPS) is 22.2. The van der Waals surface area contributed by atoms with Gasteiger partial charge in [0.2, 0.25) is 0 Å². The molecular weight excluding hydrogens is 152 g/mol. The Bertz CT molecular complexity index is 228. The lowest BCUT2D eigenvalue weighted by Gasteiger charge is -2.38. The number of nitrogens with zero attached hydrogens (tertiary/aromatic N) is 1. The Kier molecular flexibility index (Phi) is 1.48. The zero-order chi connectivity index (χ0) is 8.70. The van der Waals surface area contributed by atoms with Crippen LogP contribution < -0.4 is 0 Å². The Balaban J connectivity index is 2.83. The average Bonchev–Trinajstić information content (AvgIpc) is 1.77. The molecule has 0 aromatic carbocycles. The molecule has 1 aliphatic carbocycles. The van der Waals surface area contributed by atoms with Crippen molar-refractivity contribution in [1.82, 2.24) is 0 Å². The molecule has 0 aromatic heterocycles. The Morgan fingerprint density at radius 1 is 1.64 bits per heavy atom. The topological polar surface area (TPSA) is 40.9 Å². The fourth-order valence-corrected chi connectivity index (χ4v) is 1.11. The van der Waals surface area contributed by atoms with Gasteiger partial charge in [-0.1, -0.05) is 0 Å². The summed E-state index contributed by atoms with van der Waals surface area (Å²) in [6.07, 6.45) is -0.597. The summed E-state index contributed by atoms with van der Waals surface area (Å²) < 4.78 is 25.2. The van der Waals surface area contributed by atoms with Crippen molar-refractivity contribution in [2.24, 2.45) is 5.41 Å². The summed E-state index contributed by atoms with van der Waals surface area (Å²) in [6, 6.07) is 1.51. The first-order valence-electron chi connectivity index (χ1n) is 3.22. The van der Waals surface area contributed by atoms with Crippen LogP contribution in [0.15, 0.2) is 0 Å². The Morgan fingerprint density at radius 3 is 2.18 bits per heavy atom. The molecule has 0 amide bonds. The number of alkyl halides is 2. The van der Waals surface area contributed by atoms with E-state index < -0.39 is 11.3 Å². The first-order valence-corrected chi connectivity index (χ1v) is 3.22. The number of rotatable bonds is 1. The molecule has 1 aliphatic rings. The van der Waals surface area contributed by atoms with Crippen molar-refractivity contribution in [2.75, 3.05) is 0 Å². The fourth-order valence-electron chi connectivity index (χ4n) is 1.11.